The number of rotatable bonds is 6. The Morgan fingerprint density at radius 2 is 2.13 bits per heavy atom. The van der Waals surface area contributed by atoms with Gasteiger partial charge in [0.25, 0.3) is 0 Å². The molecule has 1 aliphatic rings. The number of aromatic nitrogens is 6. The van der Waals surface area contributed by atoms with Crippen molar-refractivity contribution >= 4 is 5.65 Å². The van der Waals surface area contributed by atoms with Crippen LogP contribution < -0.4 is 4.74 Å². The summed E-state index contributed by atoms with van der Waals surface area (Å²) in [7, 11) is 0. The molecule has 1 saturated heterocycles. The van der Waals surface area contributed by atoms with Crippen LogP contribution in [0.5, 0.6) is 5.75 Å². The number of aryl methyl sites for hydroxylation is 1. The van der Waals surface area contributed by atoms with Gasteiger partial charge in [-0.1, -0.05) is 12.1 Å². The number of nitrogens with zero attached hydrogens (tertiary/aromatic N) is 6. The van der Waals surface area contributed by atoms with Crippen molar-refractivity contribution in [2.45, 2.75) is 39.3 Å². The summed E-state index contributed by atoms with van der Waals surface area (Å²) in [5.74, 6) is 2.21. The van der Waals surface area contributed by atoms with Crippen LogP contribution in [0.1, 0.15) is 25.5 Å². The molecule has 8 nitrogen and oxygen atoms in total. The zero-order valence-electron chi connectivity index (χ0n) is 17.2. The smallest absolute Gasteiger partial charge is 0.181 e. The van der Waals surface area contributed by atoms with Crippen molar-refractivity contribution in [3.05, 3.63) is 48.3 Å². The minimum atomic E-state index is 0.143. The highest BCUT2D eigenvalue weighted by Gasteiger charge is 2.22. The van der Waals surface area contributed by atoms with Crippen molar-refractivity contribution in [3.8, 4) is 28.7 Å². The van der Waals surface area contributed by atoms with Gasteiger partial charge in [-0.05, 0) is 44.9 Å². The van der Waals surface area contributed by atoms with Crippen LogP contribution in [0.2, 0.25) is 0 Å². The van der Waals surface area contributed by atoms with Crippen molar-refractivity contribution < 1.29 is 9.47 Å². The van der Waals surface area contributed by atoms with Crippen LogP contribution in [0.3, 0.4) is 0 Å². The monoisotopic (exact) mass is 404 g/mol. The molecular weight excluding hydrogens is 380 g/mol. The van der Waals surface area contributed by atoms with E-state index in [9.17, 15) is 0 Å². The highest BCUT2D eigenvalue weighted by molar-refractivity contribution is 5.63. The van der Waals surface area contributed by atoms with E-state index in [2.05, 4.69) is 10.1 Å². The third kappa shape index (κ3) is 3.54. The predicted octanol–water partition coefficient (Wildman–Crippen LogP) is 3.54. The molecule has 3 aromatic heterocycles. The first-order valence-corrected chi connectivity index (χ1v) is 10.3. The van der Waals surface area contributed by atoms with Gasteiger partial charge in [-0.25, -0.2) is 19.2 Å². The molecule has 4 heterocycles. The fraction of sp³-hybridized carbons (Fsp3) is 0.364. The third-order valence-electron chi connectivity index (χ3n) is 5.19. The Labute approximate surface area is 174 Å². The Hall–Kier alpha value is -3.26. The van der Waals surface area contributed by atoms with Gasteiger partial charge in [0.1, 0.15) is 11.4 Å². The van der Waals surface area contributed by atoms with Crippen LogP contribution in [-0.4, -0.2) is 48.7 Å². The van der Waals surface area contributed by atoms with Crippen LogP contribution in [0, 0.1) is 6.92 Å². The van der Waals surface area contributed by atoms with Crippen molar-refractivity contribution in [2.24, 2.45) is 0 Å². The van der Waals surface area contributed by atoms with E-state index in [0.29, 0.717) is 19.0 Å². The van der Waals surface area contributed by atoms with E-state index in [1.54, 1.807) is 6.20 Å². The lowest BCUT2D eigenvalue weighted by atomic mass is 10.2. The first-order chi connectivity index (χ1) is 14.7. The standard InChI is InChI=1S/C22H24N6O2/c1-3-29-17-7-4-6-16(13-17)21-25-22(27(26-21)14-18-8-5-11-30-18)19-12-15(2)24-20-9-10-23-28(19)20/h4,6-7,9-10,12-13,18H,3,5,8,11,14H2,1-2H3. The van der Waals surface area contributed by atoms with Gasteiger partial charge in [-0.2, -0.15) is 10.2 Å². The maximum Gasteiger partial charge on any atom is 0.181 e. The molecule has 0 radical (unpaired) electrons. The minimum absolute atomic E-state index is 0.143. The number of hydrogen-bond acceptors (Lipinski definition) is 6. The molecule has 154 valence electrons. The average Bonchev–Trinajstić information content (AvgIpc) is 3.49. The fourth-order valence-corrected chi connectivity index (χ4v) is 3.85. The normalized spacial score (nSPS) is 16.4. The summed E-state index contributed by atoms with van der Waals surface area (Å²) in [6.07, 6.45) is 4.00. The highest BCUT2D eigenvalue weighted by atomic mass is 16.5. The molecular formula is C22H24N6O2. The largest absolute Gasteiger partial charge is 0.494 e. The molecule has 0 amide bonds. The van der Waals surface area contributed by atoms with Crippen molar-refractivity contribution in [1.29, 1.82) is 0 Å². The quantitative estimate of drug-likeness (QED) is 0.489. The predicted molar refractivity (Wildman–Crippen MR) is 112 cm³/mol. The summed E-state index contributed by atoms with van der Waals surface area (Å²) in [5, 5.41) is 9.30. The van der Waals surface area contributed by atoms with E-state index in [0.717, 1.165) is 53.6 Å². The molecule has 0 saturated carbocycles. The van der Waals surface area contributed by atoms with Gasteiger partial charge in [0.05, 0.1) is 25.5 Å². The van der Waals surface area contributed by atoms with Gasteiger partial charge in [0, 0.05) is 23.9 Å². The molecule has 1 aromatic carbocycles. The molecule has 4 aromatic rings. The van der Waals surface area contributed by atoms with Gasteiger partial charge in [0.2, 0.25) is 0 Å². The Kier molecular flexibility index (Phi) is 4.92. The van der Waals surface area contributed by atoms with Gasteiger partial charge in [-0.15, -0.1) is 0 Å². The molecule has 0 bridgehead atoms. The van der Waals surface area contributed by atoms with E-state index >= 15 is 0 Å². The molecule has 8 heteroatoms. The Bertz CT molecular complexity index is 1180. The van der Waals surface area contributed by atoms with Crippen LogP contribution in [0.25, 0.3) is 28.6 Å². The summed E-state index contributed by atoms with van der Waals surface area (Å²) < 4.78 is 15.3. The maximum absolute atomic E-state index is 5.87. The zero-order chi connectivity index (χ0) is 20.5. The molecule has 1 unspecified atom stereocenters. The van der Waals surface area contributed by atoms with Crippen LogP contribution in [0.15, 0.2) is 42.6 Å². The first kappa shape index (κ1) is 18.7. The van der Waals surface area contributed by atoms with Gasteiger partial charge >= 0.3 is 0 Å². The summed E-state index contributed by atoms with van der Waals surface area (Å²) in [5.41, 5.74) is 3.47. The molecule has 0 spiro atoms. The second kappa shape index (κ2) is 7.87. The van der Waals surface area contributed by atoms with E-state index in [-0.39, 0.29) is 6.10 Å². The number of ether oxygens (including phenoxy) is 2. The summed E-state index contributed by atoms with van der Waals surface area (Å²) in [6, 6.07) is 11.8. The minimum Gasteiger partial charge on any atom is -0.494 e. The zero-order valence-corrected chi connectivity index (χ0v) is 17.2. The van der Waals surface area contributed by atoms with Crippen molar-refractivity contribution in [1.82, 2.24) is 29.4 Å². The maximum atomic E-state index is 5.87. The summed E-state index contributed by atoms with van der Waals surface area (Å²) in [4.78, 5) is 9.47. The SMILES string of the molecule is CCOc1cccc(-c2nc(-c3cc(C)nc4ccnn34)n(CC3CCCO3)n2)c1. The van der Waals surface area contributed by atoms with Crippen molar-refractivity contribution in [3.63, 3.8) is 0 Å². The molecule has 1 atom stereocenters. The number of benzene rings is 1. The van der Waals surface area contributed by atoms with E-state index in [4.69, 9.17) is 19.6 Å². The second-order valence-electron chi connectivity index (χ2n) is 7.42. The summed E-state index contributed by atoms with van der Waals surface area (Å²) in [6.45, 7) is 6.01. The van der Waals surface area contributed by atoms with E-state index in [1.165, 1.54) is 0 Å². The van der Waals surface area contributed by atoms with Gasteiger partial charge < -0.3 is 9.47 Å². The van der Waals surface area contributed by atoms with E-state index < -0.39 is 0 Å². The first-order valence-electron chi connectivity index (χ1n) is 10.3. The average molecular weight is 404 g/mol. The van der Waals surface area contributed by atoms with Crippen LogP contribution in [0.4, 0.5) is 0 Å². The van der Waals surface area contributed by atoms with Gasteiger partial charge in [0.15, 0.2) is 17.3 Å². The third-order valence-corrected chi connectivity index (χ3v) is 5.19. The Morgan fingerprint density at radius 1 is 1.20 bits per heavy atom. The molecule has 0 aliphatic carbocycles. The lowest BCUT2D eigenvalue weighted by molar-refractivity contribution is 0.0944. The lowest BCUT2D eigenvalue weighted by Gasteiger charge is -2.12. The summed E-state index contributed by atoms with van der Waals surface area (Å²) >= 11 is 0. The topological polar surface area (TPSA) is 79.4 Å². The molecule has 5 rings (SSSR count). The fourth-order valence-electron chi connectivity index (χ4n) is 3.85. The molecule has 30 heavy (non-hydrogen) atoms. The number of hydrogen-bond donors (Lipinski definition) is 0. The Morgan fingerprint density at radius 3 is 2.97 bits per heavy atom. The number of fused-ring (bicyclic) bond motifs is 1. The van der Waals surface area contributed by atoms with Crippen molar-refractivity contribution in [2.75, 3.05) is 13.2 Å². The molecule has 1 aliphatic heterocycles. The highest BCUT2D eigenvalue weighted by Crippen LogP contribution is 2.27. The Balaban J connectivity index is 1.63. The van der Waals surface area contributed by atoms with Crippen LogP contribution >= 0.6 is 0 Å². The molecule has 1 fully saturated rings. The second-order valence-corrected chi connectivity index (χ2v) is 7.42. The van der Waals surface area contributed by atoms with Gasteiger partial charge in [-0.3, -0.25) is 0 Å². The lowest BCUT2D eigenvalue weighted by Crippen LogP contribution is -2.17. The molecule has 0 N–H and O–H groups in total. The van der Waals surface area contributed by atoms with E-state index in [1.807, 2.05) is 59.4 Å². The van der Waals surface area contributed by atoms with Crippen LogP contribution in [-0.2, 0) is 11.3 Å².